The van der Waals surface area contributed by atoms with Crippen LogP contribution in [0.3, 0.4) is 0 Å². The van der Waals surface area contributed by atoms with Gasteiger partial charge in [-0.25, -0.2) is 0 Å². The fourth-order valence-electron chi connectivity index (χ4n) is 3.83. The van der Waals surface area contributed by atoms with Crippen LogP contribution in [0.5, 0.6) is 11.5 Å². The van der Waals surface area contributed by atoms with Crippen LogP contribution >= 0.6 is 23.2 Å². The largest absolute Gasteiger partial charge is 0.497 e. The standard InChI is InChI=1S/C21H19Cl2NO4/c1-27-14-3-5-19-16(11-14)18(25)12-21(28-19)6-8-24(9-7-21)20(26)15-4-2-13(22)10-17(15)23/h2-5,10-11H,6-9,12H2,1H3. The number of nitrogens with zero attached hydrogens (tertiary/aromatic N) is 1. The number of amides is 1. The summed E-state index contributed by atoms with van der Waals surface area (Å²) in [6, 6.07) is 10.1. The summed E-state index contributed by atoms with van der Waals surface area (Å²) in [6.07, 6.45) is 1.47. The number of rotatable bonds is 2. The molecule has 2 aliphatic heterocycles. The second kappa shape index (κ2) is 7.30. The van der Waals surface area contributed by atoms with E-state index in [-0.39, 0.29) is 11.7 Å². The molecule has 2 aliphatic rings. The van der Waals surface area contributed by atoms with E-state index in [1.54, 1.807) is 48.4 Å². The van der Waals surface area contributed by atoms with Gasteiger partial charge in [-0.2, -0.15) is 0 Å². The van der Waals surface area contributed by atoms with Crippen molar-refractivity contribution in [2.24, 2.45) is 0 Å². The lowest BCUT2D eigenvalue weighted by Gasteiger charge is -2.44. The number of carbonyl (C=O) groups excluding carboxylic acids is 2. The molecule has 2 aromatic carbocycles. The van der Waals surface area contributed by atoms with E-state index in [0.29, 0.717) is 65.0 Å². The highest BCUT2D eigenvalue weighted by Crippen LogP contribution is 2.40. The zero-order valence-corrected chi connectivity index (χ0v) is 16.8. The summed E-state index contributed by atoms with van der Waals surface area (Å²) in [6.45, 7) is 0.993. The molecule has 0 N–H and O–H groups in total. The van der Waals surface area contributed by atoms with Crippen LogP contribution in [0.4, 0.5) is 0 Å². The average Bonchev–Trinajstić information content (AvgIpc) is 2.68. The molecular formula is C21H19Cl2NO4. The zero-order valence-electron chi connectivity index (χ0n) is 15.3. The minimum atomic E-state index is -0.570. The monoisotopic (exact) mass is 419 g/mol. The first kappa shape index (κ1) is 19.1. The Morgan fingerprint density at radius 3 is 2.57 bits per heavy atom. The van der Waals surface area contributed by atoms with Gasteiger partial charge in [0.05, 0.1) is 29.7 Å². The third kappa shape index (κ3) is 3.45. The van der Waals surface area contributed by atoms with Crippen molar-refractivity contribution in [3.63, 3.8) is 0 Å². The molecule has 5 nitrogen and oxygen atoms in total. The van der Waals surface area contributed by atoms with Gasteiger partial charge in [-0.05, 0) is 36.4 Å². The predicted molar refractivity (Wildman–Crippen MR) is 107 cm³/mol. The van der Waals surface area contributed by atoms with Crippen molar-refractivity contribution in [3.05, 3.63) is 57.6 Å². The Kier molecular flexibility index (Phi) is 4.98. The Hall–Kier alpha value is -2.24. The number of benzene rings is 2. The van der Waals surface area contributed by atoms with E-state index in [9.17, 15) is 9.59 Å². The van der Waals surface area contributed by atoms with Gasteiger partial charge in [-0.1, -0.05) is 23.2 Å². The molecule has 146 valence electrons. The summed E-state index contributed by atoms with van der Waals surface area (Å²) in [7, 11) is 1.57. The highest BCUT2D eigenvalue weighted by Gasteiger charge is 2.44. The van der Waals surface area contributed by atoms with Crippen molar-refractivity contribution in [2.75, 3.05) is 20.2 Å². The SMILES string of the molecule is COc1ccc2c(c1)C(=O)CC1(CCN(C(=O)c3ccc(Cl)cc3Cl)CC1)O2. The van der Waals surface area contributed by atoms with Crippen LogP contribution in [-0.2, 0) is 0 Å². The van der Waals surface area contributed by atoms with Crippen molar-refractivity contribution in [1.29, 1.82) is 0 Å². The second-order valence-corrected chi connectivity index (χ2v) is 8.01. The number of ketones is 1. The Morgan fingerprint density at radius 1 is 1.14 bits per heavy atom. The van der Waals surface area contributed by atoms with Crippen molar-refractivity contribution in [2.45, 2.75) is 24.9 Å². The molecule has 2 aromatic rings. The lowest BCUT2D eigenvalue weighted by molar-refractivity contribution is -0.00576. The molecule has 0 aromatic heterocycles. The van der Waals surface area contributed by atoms with Crippen LogP contribution in [0, 0.1) is 0 Å². The number of piperidine rings is 1. The van der Waals surface area contributed by atoms with Gasteiger partial charge >= 0.3 is 0 Å². The molecule has 1 fully saturated rings. The van der Waals surface area contributed by atoms with Crippen LogP contribution in [0.2, 0.25) is 10.0 Å². The van der Waals surface area contributed by atoms with E-state index in [4.69, 9.17) is 32.7 Å². The Bertz CT molecular complexity index is 951. The van der Waals surface area contributed by atoms with E-state index in [2.05, 4.69) is 0 Å². The van der Waals surface area contributed by atoms with Gasteiger partial charge in [0.2, 0.25) is 0 Å². The summed E-state index contributed by atoms with van der Waals surface area (Å²) in [5, 5.41) is 0.827. The van der Waals surface area contributed by atoms with Gasteiger partial charge in [0.1, 0.15) is 17.1 Å². The Labute approximate surface area is 173 Å². The van der Waals surface area contributed by atoms with E-state index >= 15 is 0 Å². The highest BCUT2D eigenvalue weighted by molar-refractivity contribution is 6.36. The minimum Gasteiger partial charge on any atom is -0.497 e. The molecule has 0 radical (unpaired) electrons. The Morgan fingerprint density at radius 2 is 1.89 bits per heavy atom. The molecular weight excluding hydrogens is 401 g/mol. The number of likely N-dealkylation sites (tertiary alicyclic amines) is 1. The predicted octanol–water partition coefficient (Wildman–Crippen LogP) is 4.64. The fraction of sp³-hybridized carbons (Fsp3) is 0.333. The molecule has 0 bridgehead atoms. The van der Waals surface area contributed by atoms with Crippen molar-refractivity contribution in [1.82, 2.24) is 4.90 Å². The quantitative estimate of drug-likeness (QED) is 0.710. The maximum Gasteiger partial charge on any atom is 0.255 e. The fourth-order valence-corrected chi connectivity index (χ4v) is 4.32. The number of fused-ring (bicyclic) bond motifs is 1. The van der Waals surface area contributed by atoms with Crippen LogP contribution < -0.4 is 9.47 Å². The number of carbonyl (C=O) groups is 2. The third-order valence-electron chi connectivity index (χ3n) is 5.42. The molecule has 1 saturated heterocycles. The first-order valence-electron chi connectivity index (χ1n) is 9.05. The first-order valence-corrected chi connectivity index (χ1v) is 9.81. The zero-order chi connectivity index (χ0) is 19.9. The first-order chi connectivity index (χ1) is 13.4. The molecule has 28 heavy (non-hydrogen) atoms. The molecule has 1 amide bonds. The van der Waals surface area contributed by atoms with Gasteiger partial charge in [0.25, 0.3) is 5.91 Å². The van der Waals surface area contributed by atoms with Gasteiger partial charge < -0.3 is 14.4 Å². The van der Waals surface area contributed by atoms with E-state index < -0.39 is 5.60 Å². The van der Waals surface area contributed by atoms with Gasteiger partial charge in [-0.15, -0.1) is 0 Å². The molecule has 1 spiro atoms. The molecule has 0 aliphatic carbocycles. The van der Waals surface area contributed by atoms with Crippen LogP contribution in [0.1, 0.15) is 40.0 Å². The Balaban J connectivity index is 1.49. The number of methoxy groups -OCH3 is 1. The van der Waals surface area contributed by atoms with Crippen molar-refractivity contribution < 1.29 is 19.1 Å². The second-order valence-electron chi connectivity index (χ2n) is 7.16. The van der Waals surface area contributed by atoms with Gasteiger partial charge in [0, 0.05) is 31.0 Å². The summed E-state index contributed by atoms with van der Waals surface area (Å²) < 4.78 is 11.4. The number of halogens is 2. The third-order valence-corrected chi connectivity index (χ3v) is 5.97. The minimum absolute atomic E-state index is 0.0423. The summed E-state index contributed by atoms with van der Waals surface area (Å²) in [4.78, 5) is 27.3. The summed E-state index contributed by atoms with van der Waals surface area (Å²) in [5.41, 5.74) is 0.413. The maximum atomic E-state index is 12.8. The highest BCUT2D eigenvalue weighted by atomic mass is 35.5. The maximum absolute atomic E-state index is 12.8. The number of hydrogen-bond acceptors (Lipinski definition) is 4. The topological polar surface area (TPSA) is 55.8 Å². The van der Waals surface area contributed by atoms with E-state index in [1.165, 1.54) is 0 Å². The molecule has 2 heterocycles. The van der Waals surface area contributed by atoms with E-state index in [0.717, 1.165) is 0 Å². The number of hydrogen-bond donors (Lipinski definition) is 0. The molecule has 0 saturated carbocycles. The van der Waals surface area contributed by atoms with E-state index in [1.807, 2.05) is 0 Å². The lowest BCUT2D eigenvalue weighted by atomic mass is 9.82. The lowest BCUT2D eigenvalue weighted by Crippen LogP contribution is -2.52. The number of ether oxygens (including phenoxy) is 2. The van der Waals surface area contributed by atoms with Crippen molar-refractivity contribution in [3.8, 4) is 11.5 Å². The van der Waals surface area contributed by atoms with Gasteiger partial charge in [-0.3, -0.25) is 9.59 Å². The van der Waals surface area contributed by atoms with Crippen LogP contribution in [0.25, 0.3) is 0 Å². The number of Topliss-reactive ketones (excluding diaryl/α,β-unsaturated/α-hetero) is 1. The summed E-state index contributed by atoms with van der Waals surface area (Å²) >= 11 is 12.1. The smallest absolute Gasteiger partial charge is 0.255 e. The average molecular weight is 420 g/mol. The van der Waals surface area contributed by atoms with Crippen molar-refractivity contribution >= 4 is 34.9 Å². The molecule has 0 unspecified atom stereocenters. The normalized spacial score (nSPS) is 17.8. The van der Waals surface area contributed by atoms with Crippen LogP contribution in [0.15, 0.2) is 36.4 Å². The molecule has 7 heteroatoms. The van der Waals surface area contributed by atoms with Gasteiger partial charge in [0.15, 0.2) is 5.78 Å². The molecule has 4 rings (SSSR count). The molecule has 0 atom stereocenters. The summed E-state index contributed by atoms with van der Waals surface area (Å²) in [5.74, 6) is 1.12. The van der Waals surface area contributed by atoms with Crippen LogP contribution in [-0.4, -0.2) is 42.4 Å².